The van der Waals surface area contributed by atoms with Gasteiger partial charge >= 0.3 is 0 Å². The van der Waals surface area contributed by atoms with Crippen LogP contribution in [0.2, 0.25) is 0 Å². The van der Waals surface area contributed by atoms with E-state index in [1.807, 2.05) is 4.90 Å². The summed E-state index contributed by atoms with van der Waals surface area (Å²) in [5, 5.41) is 0. The van der Waals surface area contributed by atoms with E-state index in [0.717, 1.165) is 38.8 Å². The summed E-state index contributed by atoms with van der Waals surface area (Å²) in [6.07, 6.45) is 14.4. The summed E-state index contributed by atoms with van der Waals surface area (Å²) in [5.74, 6) is -0.557. The number of hydrogen-bond acceptors (Lipinski definition) is 1. The maximum absolute atomic E-state index is 14.0. The number of carbonyl (C=O) groups excluding carboxylic acids is 1. The SMILES string of the molecule is CCCCCCCCN(CCCCCCCC)C(=O)c1ccccc1F. The van der Waals surface area contributed by atoms with Crippen LogP contribution in [-0.4, -0.2) is 23.9 Å². The molecule has 0 saturated heterocycles. The lowest BCUT2D eigenvalue weighted by molar-refractivity contribution is 0.0744. The highest BCUT2D eigenvalue weighted by Crippen LogP contribution is 2.14. The molecule has 0 N–H and O–H groups in total. The Kier molecular flexibility index (Phi) is 12.9. The Hall–Kier alpha value is -1.38. The van der Waals surface area contributed by atoms with Crippen LogP contribution in [0.4, 0.5) is 4.39 Å². The van der Waals surface area contributed by atoms with Crippen molar-refractivity contribution in [3.05, 3.63) is 35.6 Å². The van der Waals surface area contributed by atoms with Gasteiger partial charge in [-0.05, 0) is 25.0 Å². The van der Waals surface area contributed by atoms with Gasteiger partial charge in [0.25, 0.3) is 5.91 Å². The lowest BCUT2D eigenvalue weighted by atomic mass is 10.1. The summed E-state index contributed by atoms with van der Waals surface area (Å²) in [7, 11) is 0. The largest absolute Gasteiger partial charge is 0.339 e. The molecule has 26 heavy (non-hydrogen) atoms. The molecule has 0 aromatic heterocycles. The molecule has 0 aliphatic heterocycles. The molecule has 1 rings (SSSR count). The molecule has 0 radical (unpaired) electrons. The Morgan fingerprint density at radius 1 is 0.769 bits per heavy atom. The van der Waals surface area contributed by atoms with Crippen molar-refractivity contribution in [2.45, 2.75) is 90.9 Å². The standard InChI is InChI=1S/C23H38FNO/c1-3-5-7-9-11-15-19-25(20-16-12-10-8-6-4-2)23(26)21-17-13-14-18-22(21)24/h13-14,17-18H,3-12,15-16,19-20H2,1-2H3. The quantitative estimate of drug-likeness (QED) is 0.307. The first-order valence-corrected chi connectivity index (χ1v) is 10.7. The van der Waals surface area contributed by atoms with Crippen molar-refractivity contribution < 1.29 is 9.18 Å². The van der Waals surface area contributed by atoms with E-state index in [2.05, 4.69) is 13.8 Å². The Morgan fingerprint density at radius 3 is 1.73 bits per heavy atom. The van der Waals surface area contributed by atoms with Crippen molar-refractivity contribution in [1.29, 1.82) is 0 Å². The molecule has 1 aromatic rings. The van der Waals surface area contributed by atoms with Crippen molar-refractivity contribution >= 4 is 5.91 Å². The summed E-state index contributed by atoms with van der Waals surface area (Å²) in [6.45, 7) is 5.92. The molecule has 2 nitrogen and oxygen atoms in total. The number of unbranched alkanes of at least 4 members (excludes halogenated alkanes) is 10. The maximum atomic E-state index is 14.0. The lowest BCUT2D eigenvalue weighted by Gasteiger charge is -2.23. The minimum atomic E-state index is -0.409. The number of carbonyl (C=O) groups is 1. The number of rotatable bonds is 15. The van der Waals surface area contributed by atoms with Gasteiger partial charge in [0.1, 0.15) is 5.82 Å². The predicted molar refractivity (Wildman–Crippen MR) is 109 cm³/mol. The molecule has 0 aliphatic carbocycles. The first-order chi connectivity index (χ1) is 12.7. The van der Waals surface area contributed by atoms with E-state index >= 15 is 0 Å². The summed E-state index contributed by atoms with van der Waals surface area (Å²) in [6, 6.07) is 6.36. The summed E-state index contributed by atoms with van der Waals surface area (Å²) in [4.78, 5) is 14.7. The molecule has 0 saturated carbocycles. The van der Waals surface area contributed by atoms with Crippen LogP contribution in [0.1, 0.15) is 101 Å². The Labute approximate surface area is 160 Å². The van der Waals surface area contributed by atoms with Crippen LogP contribution in [0.3, 0.4) is 0 Å². The molecule has 0 spiro atoms. The van der Waals surface area contributed by atoms with Crippen LogP contribution in [0.5, 0.6) is 0 Å². The fraction of sp³-hybridized carbons (Fsp3) is 0.696. The first kappa shape index (κ1) is 22.7. The molecular formula is C23H38FNO. The molecular weight excluding hydrogens is 325 g/mol. The third-order valence-corrected chi connectivity index (χ3v) is 4.95. The van der Waals surface area contributed by atoms with Gasteiger partial charge in [-0.1, -0.05) is 90.2 Å². The molecule has 148 valence electrons. The number of halogens is 1. The summed E-state index contributed by atoms with van der Waals surface area (Å²) >= 11 is 0. The minimum absolute atomic E-state index is 0.148. The smallest absolute Gasteiger partial charge is 0.256 e. The van der Waals surface area contributed by atoms with Gasteiger partial charge in [0.2, 0.25) is 0 Å². The van der Waals surface area contributed by atoms with E-state index in [9.17, 15) is 9.18 Å². The van der Waals surface area contributed by atoms with Gasteiger partial charge in [0.05, 0.1) is 5.56 Å². The number of amides is 1. The highest BCUT2D eigenvalue weighted by Gasteiger charge is 2.18. The number of hydrogen-bond donors (Lipinski definition) is 0. The molecule has 1 aromatic carbocycles. The zero-order valence-corrected chi connectivity index (χ0v) is 16.9. The first-order valence-electron chi connectivity index (χ1n) is 10.7. The van der Waals surface area contributed by atoms with Gasteiger partial charge in [0.15, 0.2) is 0 Å². The normalized spacial score (nSPS) is 10.9. The average molecular weight is 364 g/mol. The topological polar surface area (TPSA) is 20.3 Å². The molecule has 0 bridgehead atoms. The molecule has 1 amide bonds. The van der Waals surface area contributed by atoms with Crippen molar-refractivity contribution in [2.75, 3.05) is 13.1 Å². The number of nitrogens with zero attached hydrogens (tertiary/aromatic N) is 1. The Bertz CT molecular complexity index is 473. The molecule has 0 unspecified atom stereocenters. The van der Waals surface area contributed by atoms with E-state index in [-0.39, 0.29) is 11.5 Å². The second-order valence-electron chi connectivity index (χ2n) is 7.31. The fourth-order valence-corrected chi connectivity index (χ4v) is 3.29. The summed E-state index contributed by atoms with van der Waals surface area (Å²) < 4.78 is 14.0. The van der Waals surface area contributed by atoms with E-state index in [4.69, 9.17) is 0 Å². The van der Waals surface area contributed by atoms with Gasteiger partial charge in [-0.2, -0.15) is 0 Å². The third-order valence-electron chi connectivity index (χ3n) is 4.95. The van der Waals surface area contributed by atoms with Crippen LogP contribution < -0.4 is 0 Å². The maximum Gasteiger partial charge on any atom is 0.256 e. The van der Waals surface area contributed by atoms with Crippen molar-refractivity contribution in [3.63, 3.8) is 0 Å². The van der Waals surface area contributed by atoms with E-state index in [0.29, 0.717) is 0 Å². The van der Waals surface area contributed by atoms with Crippen LogP contribution in [0.15, 0.2) is 24.3 Å². The highest BCUT2D eigenvalue weighted by atomic mass is 19.1. The van der Waals surface area contributed by atoms with Crippen LogP contribution in [0.25, 0.3) is 0 Å². The Morgan fingerprint density at radius 2 is 1.23 bits per heavy atom. The van der Waals surface area contributed by atoms with Crippen molar-refractivity contribution in [1.82, 2.24) is 4.90 Å². The lowest BCUT2D eigenvalue weighted by Crippen LogP contribution is -2.33. The van der Waals surface area contributed by atoms with E-state index in [1.54, 1.807) is 18.2 Å². The molecule has 0 heterocycles. The van der Waals surface area contributed by atoms with Crippen LogP contribution in [0, 0.1) is 5.82 Å². The van der Waals surface area contributed by atoms with Gasteiger partial charge in [-0.25, -0.2) is 4.39 Å². The van der Waals surface area contributed by atoms with E-state index in [1.165, 1.54) is 57.4 Å². The third kappa shape index (κ3) is 9.35. The van der Waals surface area contributed by atoms with Gasteiger partial charge in [-0.3, -0.25) is 4.79 Å². The minimum Gasteiger partial charge on any atom is -0.339 e. The fourth-order valence-electron chi connectivity index (χ4n) is 3.29. The summed E-state index contributed by atoms with van der Waals surface area (Å²) in [5.41, 5.74) is 0.212. The second kappa shape index (κ2) is 14.8. The van der Waals surface area contributed by atoms with Gasteiger partial charge in [0, 0.05) is 13.1 Å². The monoisotopic (exact) mass is 363 g/mol. The molecule has 0 aliphatic rings. The van der Waals surface area contributed by atoms with Crippen molar-refractivity contribution in [3.8, 4) is 0 Å². The Balaban J connectivity index is 2.49. The van der Waals surface area contributed by atoms with Gasteiger partial charge in [-0.15, -0.1) is 0 Å². The highest BCUT2D eigenvalue weighted by molar-refractivity contribution is 5.94. The second-order valence-corrected chi connectivity index (χ2v) is 7.31. The average Bonchev–Trinajstić information content (AvgIpc) is 2.65. The zero-order valence-electron chi connectivity index (χ0n) is 16.9. The van der Waals surface area contributed by atoms with Gasteiger partial charge < -0.3 is 4.90 Å². The zero-order chi connectivity index (χ0) is 19.0. The van der Waals surface area contributed by atoms with Crippen molar-refractivity contribution in [2.24, 2.45) is 0 Å². The molecule has 0 fully saturated rings. The van der Waals surface area contributed by atoms with Crippen LogP contribution >= 0.6 is 0 Å². The number of benzene rings is 1. The van der Waals surface area contributed by atoms with E-state index < -0.39 is 5.82 Å². The van der Waals surface area contributed by atoms with Crippen LogP contribution in [-0.2, 0) is 0 Å². The molecule has 3 heteroatoms. The predicted octanol–water partition coefficient (Wildman–Crippen LogP) is 6.99. The molecule has 0 atom stereocenters.